The lowest BCUT2D eigenvalue weighted by atomic mass is 10.0. The van der Waals surface area contributed by atoms with Crippen LogP contribution in [0, 0.1) is 11.8 Å². The third-order valence-corrected chi connectivity index (χ3v) is 4.41. The molecule has 1 aromatic rings. The molecular weight excluding hydrogens is 240 g/mol. The molecule has 102 valence electrons. The van der Waals surface area contributed by atoms with E-state index in [9.17, 15) is 4.79 Å². The number of piperidine rings is 1. The van der Waals surface area contributed by atoms with E-state index in [1.807, 2.05) is 0 Å². The van der Waals surface area contributed by atoms with Gasteiger partial charge in [-0.05, 0) is 23.6 Å². The monoisotopic (exact) mass is 260 g/mol. The molecule has 2 fully saturated rings. The van der Waals surface area contributed by atoms with E-state index in [1.54, 1.807) is 0 Å². The van der Waals surface area contributed by atoms with Gasteiger partial charge in [0, 0.05) is 36.7 Å². The van der Waals surface area contributed by atoms with E-state index >= 15 is 0 Å². The lowest BCUT2D eigenvalue weighted by Gasteiger charge is -2.22. The molecule has 2 N–H and O–H groups in total. The summed E-state index contributed by atoms with van der Waals surface area (Å²) in [6.07, 6.45) is -0.896. The minimum Gasteiger partial charge on any atom is -0.465 e. The van der Waals surface area contributed by atoms with Crippen LogP contribution >= 0.6 is 0 Å². The van der Waals surface area contributed by atoms with Crippen molar-refractivity contribution >= 4 is 11.8 Å². The summed E-state index contributed by atoms with van der Waals surface area (Å²) < 4.78 is 0. The Bertz CT molecular complexity index is 471. The topological polar surface area (TPSA) is 52.6 Å². The molecule has 19 heavy (non-hydrogen) atoms. The second-order valence-corrected chi connectivity index (χ2v) is 5.95. The molecule has 1 saturated carbocycles. The first-order valence-electron chi connectivity index (χ1n) is 6.90. The number of amides is 1. The minimum absolute atomic E-state index is 0.184. The number of anilines is 1. The zero-order valence-corrected chi connectivity index (χ0v) is 11.3. The standard InChI is InChI=1S/C15H20N2O2/c1-9(2)10-3-5-11(6-4-10)17-7-12-13(8-17)14(12)16-15(18)19/h3-6,9,12-14,16H,7-8H2,1-2H3,(H,18,19). The van der Waals surface area contributed by atoms with Gasteiger partial charge in [0.1, 0.15) is 0 Å². The fourth-order valence-corrected chi connectivity index (χ4v) is 3.16. The van der Waals surface area contributed by atoms with Gasteiger partial charge in [-0.1, -0.05) is 26.0 Å². The van der Waals surface area contributed by atoms with Gasteiger partial charge in [0.2, 0.25) is 0 Å². The lowest BCUT2D eigenvalue weighted by Crippen LogP contribution is -2.33. The van der Waals surface area contributed by atoms with Crippen LogP contribution in [-0.4, -0.2) is 30.3 Å². The van der Waals surface area contributed by atoms with E-state index in [2.05, 4.69) is 48.3 Å². The molecule has 1 aliphatic heterocycles. The number of carbonyl (C=O) groups is 1. The molecule has 1 aliphatic carbocycles. The van der Waals surface area contributed by atoms with Crippen molar-refractivity contribution in [3.8, 4) is 0 Å². The second kappa shape index (κ2) is 4.44. The highest BCUT2D eigenvalue weighted by Crippen LogP contribution is 2.46. The van der Waals surface area contributed by atoms with Crippen LogP contribution in [0.25, 0.3) is 0 Å². The van der Waals surface area contributed by atoms with Gasteiger partial charge in [-0.15, -0.1) is 0 Å². The molecular formula is C15H20N2O2. The number of nitrogens with one attached hydrogen (secondary N) is 1. The third kappa shape index (κ3) is 2.27. The normalized spacial score (nSPS) is 28.4. The fraction of sp³-hybridized carbons (Fsp3) is 0.533. The zero-order valence-electron chi connectivity index (χ0n) is 11.3. The van der Waals surface area contributed by atoms with Gasteiger partial charge in [0.25, 0.3) is 0 Å². The molecule has 2 atom stereocenters. The second-order valence-electron chi connectivity index (χ2n) is 5.95. The quantitative estimate of drug-likeness (QED) is 0.878. The maximum Gasteiger partial charge on any atom is 0.404 e. The van der Waals surface area contributed by atoms with Crippen molar-refractivity contribution in [2.24, 2.45) is 11.8 Å². The molecule has 4 heteroatoms. The van der Waals surface area contributed by atoms with Crippen molar-refractivity contribution in [3.05, 3.63) is 29.8 Å². The first-order chi connectivity index (χ1) is 9.06. The van der Waals surface area contributed by atoms with Crippen molar-refractivity contribution in [1.82, 2.24) is 5.32 Å². The predicted octanol–water partition coefficient (Wildman–Crippen LogP) is 2.51. The van der Waals surface area contributed by atoms with E-state index < -0.39 is 6.09 Å². The van der Waals surface area contributed by atoms with Gasteiger partial charge in [-0.2, -0.15) is 0 Å². The van der Waals surface area contributed by atoms with Gasteiger partial charge in [0.15, 0.2) is 0 Å². The molecule has 1 aromatic carbocycles. The fourth-order valence-electron chi connectivity index (χ4n) is 3.16. The maximum atomic E-state index is 10.6. The molecule has 3 rings (SSSR count). The summed E-state index contributed by atoms with van der Waals surface area (Å²) in [7, 11) is 0. The van der Waals surface area contributed by atoms with E-state index in [-0.39, 0.29) is 6.04 Å². The molecule has 1 amide bonds. The molecule has 0 spiro atoms. The summed E-state index contributed by atoms with van der Waals surface area (Å²) in [6, 6.07) is 8.93. The first kappa shape index (κ1) is 12.3. The van der Waals surface area contributed by atoms with E-state index in [1.165, 1.54) is 11.3 Å². The molecule has 0 bridgehead atoms. The summed E-state index contributed by atoms with van der Waals surface area (Å²) in [5.41, 5.74) is 2.62. The Morgan fingerprint density at radius 1 is 1.26 bits per heavy atom. The number of hydrogen-bond donors (Lipinski definition) is 2. The summed E-state index contributed by atoms with van der Waals surface area (Å²) in [5.74, 6) is 1.56. The van der Waals surface area contributed by atoms with Gasteiger partial charge in [-0.3, -0.25) is 0 Å². The smallest absolute Gasteiger partial charge is 0.404 e. The van der Waals surface area contributed by atoms with E-state index in [4.69, 9.17) is 5.11 Å². The Kier molecular flexibility index (Phi) is 2.88. The molecule has 0 aromatic heterocycles. The van der Waals surface area contributed by atoms with Gasteiger partial charge < -0.3 is 15.3 Å². The highest BCUT2D eigenvalue weighted by molar-refractivity contribution is 5.66. The van der Waals surface area contributed by atoms with Crippen LogP contribution in [0.1, 0.15) is 25.3 Å². The molecule has 2 aliphatic rings. The molecule has 4 nitrogen and oxygen atoms in total. The van der Waals surface area contributed by atoms with Crippen molar-refractivity contribution in [3.63, 3.8) is 0 Å². The van der Waals surface area contributed by atoms with Gasteiger partial charge in [-0.25, -0.2) is 4.79 Å². The number of benzene rings is 1. The molecule has 0 radical (unpaired) electrons. The molecule has 1 saturated heterocycles. The number of rotatable bonds is 3. The molecule has 2 unspecified atom stereocenters. The number of carboxylic acid groups (broad SMARTS) is 1. The van der Waals surface area contributed by atoms with Crippen LogP contribution in [0.2, 0.25) is 0 Å². The average Bonchev–Trinajstić information content (AvgIpc) is 2.84. The van der Waals surface area contributed by atoms with Crippen LogP contribution in [0.3, 0.4) is 0 Å². The first-order valence-corrected chi connectivity index (χ1v) is 6.90. The molecule has 1 heterocycles. The largest absolute Gasteiger partial charge is 0.465 e. The number of fused-ring (bicyclic) bond motifs is 1. The highest BCUT2D eigenvalue weighted by Gasteiger charge is 2.56. The summed E-state index contributed by atoms with van der Waals surface area (Å²) in [6.45, 7) is 6.33. The van der Waals surface area contributed by atoms with E-state index in [0.717, 1.165) is 13.1 Å². The third-order valence-electron chi connectivity index (χ3n) is 4.41. The Morgan fingerprint density at radius 2 is 1.84 bits per heavy atom. The van der Waals surface area contributed by atoms with Crippen molar-refractivity contribution < 1.29 is 9.90 Å². The highest BCUT2D eigenvalue weighted by atomic mass is 16.4. The van der Waals surface area contributed by atoms with Crippen molar-refractivity contribution in [2.75, 3.05) is 18.0 Å². The Labute approximate surface area is 113 Å². The average molecular weight is 260 g/mol. The zero-order chi connectivity index (χ0) is 13.6. The summed E-state index contributed by atoms with van der Waals surface area (Å²) >= 11 is 0. The van der Waals surface area contributed by atoms with Gasteiger partial charge in [0.05, 0.1) is 0 Å². The van der Waals surface area contributed by atoms with Crippen LogP contribution in [-0.2, 0) is 0 Å². The van der Waals surface area contributed by atoms with Crippen LogP contribution < -0.4 is 10.2 Å². The van der Waals surface area contributed by atoms with Crippen molar-refractivity contribution in [2.45, 2.75) is 25.8 Å². The van der Waals surface area contributed by atoms with Crippen LogP contribution in [0.5, 0.6) is 0 Å². The maximum absolute atomic E-state index is 10.6. The van der Waals surface area contributed by atoms with Crippen LogP contribution in [0.4, 0.5) is 10.5 Å². The predicted molar refractivity (Wildman–Crippen MR) is 74.7 cm³/mol. The summed E-state index contributed by atoms with van der Waals surface area (Å²) in [5, 5.41) is 11.3. The van der Waals surface area contributed by atoms with Gasteiger partial charge >= 0.3 is 6.09 Å². The Morgan fingerprint density at radius 3 is 2.32 bits per heavy atom. The number of hydrogen-bond acceptors (Lipinski definition) is 2. The Balaban J connectivity index is 1.60. The minimum atomic E-state index is -0.896. The Hall–Kier alpha value is -1.71. The SMILES string of the molecule is CC(C)c1ccc(N2CC3C(C2)C3NC(=O)O)cc1. The van der Waals surface area contributed by atoms with Crippen LogP contribution in [0.15, 0.2) is 24.3 Å². The lowest BCUT2D eigenvalue weighted by molar-refractivity contribution is 0.192. The van der Waals surface area contributed by atoms with Crippen molar-refractivity contribution in [1.29, 1.82) is 0 Å². The summed E-state index contributed by atoms with van der Waals surface area (Å²) in [4.78, 5) is 13.0. The number of nitrogens with zero attached hydrogens (tertiary/aromatic N) is 1. The van der Waals surface area contributed by atoms with E-state index in [0.29, 0.717) is 17.8 Å².